The van der Waals surface area contributed by atoms with Crippen molar-refractivity contribution in [1.82, 2.24) is 15.1 Å². The average molecular weight is 279 g/mol. The first kappa shape index (κ1) is 15.0. The van der Waals surface area contributed by atoms with Crippen molar-refractivity contribution in [3.63, 3.8) is 0 Å². The van der Waals surface area contributed by atoms with Gasteiger partial charge in [-0.2, -0.15) is 5.10 Å². The Morgan fingerprint density at radius 2 is 2.35 bits per heavy atom. The van der Waals surface area contributed by atoms with E-state index in [4.69, 9.17) is 4.74 Å². The number of nitrogens with one attached hydrogen (secondary N) is 1. The Morgan fingerprint density at radius 3 is 3.10 bits per heavy atom. The summed E-state index contributed by atoms with van der Waals surface area (Å²) in [7, 11) is 0. The molecule has 2 heterocycles. The van der Waals surface area contributed by atoms with Crippen LogP contribution in [0.15, 0.2) is 6.07 Å². The van der Waals surface area contributed by atoms with Crippen LogP contribution in [0.4, 0.5) is 0 Å². The van der Waals surface area contributed by atoms with Crippen LogP contribution < -0.4 is 0 Å². The van der Waals surface area contributed by atoms with E-state index in [2.05, 4.69) is 24.0 Å². The van der Waals surface area contributed by atoms with Gasteiger partial charge in [-0.15, -0.1) is 0 Å². The number of aromatic nitrogens is 2. The predicted octanol–water partition coefficient (Wildman–Crippen LogP) is 2.25. The molecule has 112 valence electrons. The molecule has 1 N–H and O–H groups in total. The summed E-state index contributed by atoms with van der Waals surface area (Å²) < 4.78 is 5.58. The first-order chi connectivity index (χ1) is 9.74. The molecule has 1 aliphatic rings. The number of likely N-dealkylation sites (tertiary alicyclic amines) is 1. The summed E-state index contributed by atoms with van der Waals surface area (Å²) in [6.07, 6.45) is 4.06. The number of hydrogen-bond acceptors (Lipinski definition) is 3. The van der Waals surface area contributed by atoms with Crippen LogP contribution in [-0.2, 0) is 11.2 Å². The van der Waals surface area contributed by atoms with Crippen molar-refractivity contribution in [2.45, 2.75) is 39.5 Å². The molecule has 5 heteroatoms. The van der Waals surface area contributed by atoms with Crippen molar-refractivity contribution < 1.29 is 9.53 Å². The lowest BCUT2D eigenvalue weighted by molar-refractivity contribution is 0.0749. The highest BCUT2D eigenvalue weighted by Gasteiger charge is 2.28. The minimum Gasteiger partial charge on any atom is -0.381 e. The van der Waals surface area contributed by atoms with E-state index in [-0.39, 0.29) is 5.91 Å². The monoisotopic (exact) mass is 279 g/mol. The fourth-order valence-electron chi connectivity index (χ4n) is 2.58. The van der Waals surface area contributed by atoms with Gasteiger partial charge in [0.25, 0.3) is 5.91 Å². The van der Waals surface area contributed by atoms with Gasteiger partial charge in [0.15, 0.2) is 0 Å². The summed E-state index contributed by atoms with van der Waals surface area (Å²) in [5.41, 5.74) is 1.58. The molecule has 1 atom stereocenters. The maximum Gasteiger partial charge on any atom is 0.274 e. The van der Waals surface area contributed by atoms with Gasteiger partial charge in [0.1, 0.15) is 5.69 Å². The maximum absolute atomic E-state index is 12.3. The van der Waals surface area contributed by atoms with Crippen LogP contribution in [-0.4, -0.2) is 47.3 Å². The Hall–Kier alpha value is -1.36. The molecule has 2 rings (SSSR count). The van der Waals surface area contributed by atoms with E-state index in [1.807, 2.05) is 11.0 Å². The fraction of sp³-hybridized carbons (Fsp3) is 0.733. The van der Waals surface area contributed by atoms with Crippen LogP contribution >= 0.6 is 0 Å². The van der Waals surface area contributed by atoms with Crippen molar-refractivity contribution in [3.8, 4) is 0 Å². The second-order valence-corrected chi connectivity index (χ2v) is 5.51. The zero-order valence-electron chi connectivity index (χ0n) is 12.5. The van der Waals surface area contributed by atoms with E-state index in [9.17, 15) is 4.79 Å². The van der Waals surface area contributed by atoms with Gasteiger partial charge in [0.2, 0.25) is 0 Å². The summed E-state index contributed by atoms with van der Waals surface area (Å²) in [6, 6.07) is 1.88. The van der Waals surface area contributed by atoms with Gasteiger partial charge in [0, 0.05) is 31.3 Å². The Kier molecular flexibility index (Phi) is 5.59. The molecule has 0 bridgehead atoms. The Bertz CT molecular complexity index is 431. The van der Waals surface area contributed by atoms with Gasteiger partial charge >= 0.3 is 0 Å². The molecule has 1 aromatic rings. The van der Waals surface area contributed by atoms with Crippen LogP contribution in [0.3, 0.4) is 0 Å². The molecule has 0 saturated carbocycles. The fourth-order valence-corrected chi connectivity index (χ4v) is 2.58. The van der Waals surface area contributed by atoms with Crippen molar-refractivity contribution in [1.29, 1.82) is 0 Å². The number of rotatable bonds is 7. The van der Waals surface area contributed by atoms with Gasteiger partial charge in [-0.05, 0) is 25.3 Å². The highest BCUT2D eigenvalue weighted by atomic mass is 16.5. The third-order valence-corrected chi connectivity index (χ3v) is 3.64. The molecule has 1 saturated heterocycles. The SMILES string of the molecule is CCCOC[C@H]1CCN(C(=O)c2cc(CCC)[nH]n2)C1. The van der Waals surface area contributed by atoms with Crippen LogP contribution in [0.2, 0.25) is 0 Å². The van der Waals surface area contributed by atoms with E-state index >= 15 is 0 Å². The lowest BCUT2D eigenvalue weighted by Gasteiger charge is -2.15. The number of carbonyl (C=O) groups is 1. The van der Waals surface area contributed by atoms with Crippen molar-refractivity contribution in [2.75, 3.05) is 26.3 Å². The normalized spacial score (nSPS) is 18.7. The maximum atomic E-state index is 12.3. The number of carbonyl (C=O) groups excluding carboxylic acids is 1. The summed E-state index contributed by atoms with van der Waals surface area (Å²) >= 11 is 0. The minimum absolute atomic E-state index is 0.0431. The van der Waals surface area contributed by atoms with E-state index < -0.39 is 0 Å². The summed E-state index contributed by atoms with van der Waals surface area (Å²) in [4.78, 5) is 14.2. The van der Waals surface area contributed by atoms with Gasteiger partial charge < -0.3 is 9.64 Å². The number of aryl methyl sites for hydroxylation is 1. The number of ether oxygens (including phenoxy) is 1. The lowest BCUT2D eigenvalue weighted by Crippen LogP contribution is -2.29. The molecule has 0 aromatic carbocycles. The van der Waals surface area contributed by atoms with Crippen LogP contribution in [0.1, 0.15) is 49.3 Å². The Balaban J connectivity index is 1.83. The number of nitrogens with zero attached hydrogens (tertiary/aromatic N) is 2. The summed E-state index contributed by atoms with van der Waals surface area (Å²) in [5, 5.41) is 7.07. The molecule has 1 aromatic heterocycles. The van der Waals surface area contributed by atoms with E-state index in [0.717, 1.165) is 57.7 Å². The summed E-state index contributed by atoms with van der Waals surface area (Å²) in [6.45, 7) is 7.40. The minimum atomic E-state index is 0.0431. The predicted molar refractivity (Wildman–Crippen MR) is 77.7 cm³/mol. The third kappa shape index (κ3) is 3.82. The molecule has 0 spiro atoms. The van der Waals surface area contributed by atoms with Crippen LogP contribution in [0, 0.1) is 5.92 Å². The molecule has 1 fully saturated rings. The van der Waals surface area contributed by atoms with Gasteiger partial charge in [-0.25, -0.2) is 0 Å². The van der Waals surface area contributed by atoms with Gasteiger partial charge in [-0.3, -0.25) is 9.89 Å². The first-order valence-electron chi connectivity index (χ1n) is 7.65. The van der Waals surface area contributed by atoms with Crippen molar-refractivity contribution in [3.05, 3.63) is 17.5 Å². The molecule has 1 aliphatic heterocycles. The molecular weight excluding hydrogens is 254 g/mol. The Morgan fingerprint density at radius 1 is 1.50 bits per heavy atom. The molecule has 0 unspecified atom stereocenters. The molecule has 1 amide bonds. The molecule has 0 aliphatic carbocycles. The van der Waals surface area contributed by atoms with Crippen LogP contribution in [0.5, 0.6) is 0 Å². The topological polar surface area (TPSA) is 58.2 Å². The number of amides is 1. The van der Waals surface area contributed by atoms with E-state index in [0.29, 0.717) is 11.6 Å². The van der Waals surface area contributed by atoms with Crippen LogP contribution in [0.25, 0.3) is 0 Å². The average Bonchev–Trinajstić information content (AvgIpc) is 3.08. The zero-order chi connectivity index (χ0) is 14.4. The number of aromatic amines is 1. The van der Waals surface area contributed by atoms with E-state index in [1.165, 1.54) is 0 Å². The molecule has 0 radical (unpaired) electrons. The first-order valence-corrected chi connectivity index (χ1v) is 7.65. The molecule has 5 nitrogen and oxygen atoms in total. The zero-order valence-corrected chi connectivity index (χ0v) is 12.5. The smallest absolute Gasteiger partial charge is 0.274 e. The van der Waals surface area contributed by atoms with Gasteiger partial charge in [0.05, 0.1) is 6.61 Å². The summed E-state index contributed by atoms with van der Waals surface area (Å²) in [5.74, 6) is 0.515. The Labute approximate surface area is 120 Å². The highest BCUT2D eigenvalue weighted by molar-refractivity contribution is 5.92. The lowest BCUT2D eigenvalue weighted by atomic mass is 10.1. The van der Waals surface area contributed by atoms with Crippen molar-refractivity contribution >= 4 is 5.91 Å². The molecular formula is C15H25N3O2. The highest BCUT2D eigenvalue weighted by Crippen LogP contribution is 2.19. The number of H-pyrrole nitrogens is 1. The van der Waals surface area contributed by atoms with Gasteiger partial charge in [-0.1, -0.05) is 20.3 Å². The third-order valence-electron chi connectivity index (χ3n) is 3.64. The standard InChI is InChI=1S/C15H25N3O2/c1-3-5-13-9-14(17-16-13)15(19)18-7-6-12(10-18)11-20-8-4-2/h9,12H,3-8,10-11H2,1-2H3,(H,16,17)/t12-/m0/s1. The quantitative estimate of drug-likeness (QED) is 0.779. The largest absolute Gasteiger partial charge is 0.381 e. The van der Waals surface area contributed by atoms with E-state index in [1.54, 1.807) is 0 Å². The molecule has 20 heavy (non-hydrogen) atoms. The van der Waals surface area contributed by atoms with Crippen molar-refractivity contribution in [2.24, 2.45) is 5.92 Å². The number of hydrogen-bond donors (Lipinski definition) is 1. The second-order valence-electron chi connectivity index (χ2n) is 5.51. The second kappa shape index (κ2) is 7.43.